The summed E-state index contributed by atoms with van der Waals surface area (Å²) in [6, 6.07) is 18.6. The highest BCUT2D eigenvalue weighted by Gasteiger charge is 2.29. The molecule has 3 heterocycles. The summed E-state index contributed by atoms with van der Waals surface area (Å²) in [5.74, 6) is 1.74. The highest BCUT2D eigenvalue weighted by atomic mass is 16.5. The van der Waals surface area contributed by atoms with Crippen LogP contribution in [0.3, 0.4) is 0 Å². The zero-order valence-corrected chi connectivity index (χ0v) is 25.9. The fraction of sp³-hybridized carbons (Fsp3) is 0.444. The van der Waals surface area contributed by atoms with Crippen molar-refractivity contribution in [1.29, 1.82) is 0 Å². The predicted octanol–water partition coefficient (Wildman–Crippen LogP) is 7.65. The van der Waals surface area contributed by atoms with Crippen molar-refractivity contribution in [3.8, 4) is 22.8 Å². The Bertz CT molecular complexity index is 1580. The van der Waals surface area contributed by atoms with Gasteiger partial charge in [-0.1, -0.05) is 62.8 Å². The lowest BCUT2D eigenvalue weighted by molar-refractivity contribution is -0.131. The number of hydrogen-bond donors (Lipinski definition) is 2. The minimum Gasteiger partial charge on any atom is -0.478 e. The Morgan fingerprint density at radius 2 is 1.58 bits per heavy atom. The van der Waals surface area contributed by atoms with Gasteiger partial charge < -0.3 is 20.5 Å². The smallest absolute Gasteiger partial charge is 0.327 e. The van der Waals surface area contributed by atoms with Gasteiger partial charge in [-0.2, -0.15) is 5.10 Å². The molecule has 2 fully saturated rings. The first kappa shape index (κ1) is 30.8. The summed E-state index contributed by atoms with van der Waals surface area (Å²) in [4.78, 5) is 22.6. The summed E-state index contributed by atoms with van der Waals surface area (Å²) in [6.45, 7) is 2.09. The number of piperidine rings is 1. The minimum absolute atomic E-state index is 0.248. The van der Waals surface area contributed by atoms with E-state index in [2.05, 4.69) is 19.5 Å². The number of aliphatic carboxylic acids is 1. The first-order valence-corrected chi connectivity index (χ1v) is 16.5. The lowest BCUT2D eigenvalue weighted by atomic mass is 9.87. The van der Waals surface area contributed by atoms with Gasteiger partial charge in [0.25, 0.3) is 0 Å². The van der Waals surface area contributed by atoms with Crippen molar-refractivity contribution in [2.45, 2.75) is 82.7 Å². The van der Waals surface area contributed by atoms with Crippen LogP contribution >= 0.6 is 0 Å². The predicted molar refractivity (Wildman–Crippen MR) is 177 cm³/mol. The van der Waals surface area contributed by atoms with Crippen LogP contribution in [0.4, 0.5) is 5.82 Å². The largest absolute Gasteiger partial charge is 0.478 e. The Kier molecular flexibility index (Phi) is 10.0. The third-order valence-corrected chi connectivity index (χ3v) is 9.52. The topological polar surface area (TPSA) is 119 Å². The van der Waals surface area contributed by atoms with Gasteiger partial charge in [0.15, 0.2) is 5.65 Å². The van der Waals surface area contributed by atoms with Crippen molar-refractivity contribution < 1.29 is 14.6 Å². The van der Waals surface area contributed by atoms with Crippen molar-refractivity contribution in [2.75, 3.05) is 18.8 Å². The quantitative estimate of drug-likeness (QED) is 0.196. The third-order valence-electron chi connectivity index (χ3n) is 9.52. The van der Waals surface area contributed by atoms with E-state index in [0.29, 0.717) is 17.8 Å². The number of carbonyl (C=O) groups is 1. The number of nitrogens with zero attached hydrogens (tertiary/aromatic N) is 5. The van der Waals surface area contributed by atoms with Gasteiger partial charge in [-0.25, -0.2) is 19.4 Å². The average molecular weight is 609 g/mol. The van der Waals surface area contributed by atoms with Crippen LogP contribution in [-0.4, -0.2) is 54.9 Å². The number of rotatable bonds is 8. The first-order chi connectivity index (χ1) is 22.0. The van der Waals surface area contributed by atoms with E-state index in [1.54, 1.807) is 0 Å². The zero-order chi connectivity index (χ0) is 31.0. The van der Waals surface area contributed by atoms with Crippen molar-refractivity contribution in [3.05, 3.63) is 73.1 Å². The van der Waals surface area contributed by atoms with E-state index in [1.165, 1.54) is 63.8 Å². The molecule has 6 rings (SSSR count). The SMILES string of the molecule is Nc1ncnc2c1c(-c1ccc(Oc3ccccc3)cc1)nn2C1CCN(C2CCCCCC(C/C=C/C(=O)O)CCC2)CC1. The molecular formula is C36H44N6O3. The number of likely N-dealkylation sites (tertiary alicyclic amines) is 1. The summed E-state index contributed by atoms with van der Waals surface area (Å²) in [5, 5.41) is 14.9. The summed E-state index contributed by atoms with van der Waals surface area (Å²) in [7, 11) is 0. The maximum atomic E-state index is 10.9. The third kappa shape index (κ3) is 7.71. The Morgan fingerprint density at radius 3 is 2.36 bits per heavy atom. The van der Waals surface area contributed by atoms with Crippen LogP contribution in [0.5, 0.6) is 11.5 Å². The maximum Gasteiger partial charge on any atom is 0.327 e. The van der Waals surface area contributed by atoms with Crippen LogP contribution in [-0.2, 0) is 4.79 Å². The number of aromatic nitrogens is 4. The average Bonchev–Trinajstić information content (AvgIpc) is 3.45. The highest BCUT2D eigenvalue weighted by Crippen LogP contribution is 2.36. The molecule has 3 N–H and O–H groups in total. The number of hydrogen-bond acceptors (Lipinski definition) is 7. The van der Waals surface area contributed by atoms with Crippen molar-refractivity contribution in [2.24, 2.45) is 5.92 Å². The molecule has 45 heavy (non-hydrogen) atoms. The molecule has 2 unspecified atom stereocenters. The van der Waals surface area contributed by atoms with Crippen LogP contribution in [0.25, 0.3) is 22.3 Å². The number of allylic oxidation sites excluding steroid dienone is 1. The lowest BCUT2D eigenvalue weighted by Crippen LogP contribution is -2.42. The maximum absolute atomic E-state index is 10.9. The lowest BCUT2D eigenvalue weighted by Gasteiger charge is -2.38. The number of anilines is 1. The molecule has 0 radical (unpaired) electrons. The second-order valence-corrected chi connectivity index (χ2v) is 12.5. The fourth-order valence-corrected chi connectivity index (χ4v) is 7.14. The van der Waals surface area contributed by atoms with E-state index in [0.717, 1.165) is 66.1 Å². The van der Waals surface area contributed by atoms with Gasteiger partial charge in [0, 0.05) is 30.8 Å². The molecule has 2 aromatic carbocycles. The molecule has 1 aliphatic heterocycles. The molecule has 1 saturated heterocycles. The Labute approximate surface area is 265 Å². The van der Waals surface area contributed by atoms with Gasteiger partial charge in [0.1, 0.15) is 29.3 Å². The van der Waals surface area contributed by atoms with Crippen molar-refractivity contribution in [1.82, 2.24) is 24.6 Å². The normalized spacial score (nSPS) is 20.8. The molecular weight excluding hydrogens is 564 g/mol. The molecule has 0 amide bonds. The van der Waals surface area contributed by atoms with E-state index >= 15 is 0 Å². The summed E-state index contributed by atoms with van der Waals surface area (Å²) in [5.41, 5.74) is 8.97. The first-order valence-electron chi connectivity index (χ1n) is 16.5. The number of nitrogen functional groups attached to an aromatic ring is 1. The second-order valence-electron chi connectivity index (χ2n) is 12.5. The van der Waals surface area contributed by atoms with Crippen molar-refractivity contribution in [3.63, 3.8) is 0 Å². The molecule has 2 aliphatic rings. The molecule has 1 saturated carbocycles. The monoisotopic (exact) mass is 608 g/mol. The van der Waals surface area contributed by atoms with E-state index in [4.69, 9.17) is 20.7 Å². The highest BCUT2D eigenvalue weighted by molar-refractivity contribution is 5.98. The molecule has 1 aliphatic carbocycles. The zero-order valence-electron chi connectivity index (χ0n) is 25.9. The summed E-state index contributed by atoms with van der Waals surface area (Å²) in [6.07, 6.45) is 17.4. The Hall–Kier alpha value is -4.24. The molecule has 2 atom stereocenters. The Morgan fingerprint density at radius 1 is 0.867 bits per heavy atom. The van der Waals surface area contributed by atoms with Gasteiger partial charge in [0.2, 0.25) is 0 Å². The molecule has 236 valence electrons. The number of benzene rings is 2. The molecule has 9 nitrogen and oxygen atoms in total. The molecule has 4 aromatic rings. The van der Waals surface area contributed by atoms with Gasteiger partial charge in [-0.3, -0.25) is 0 Å². The van der Waals surface area contributed by atoms with Gasteiger partial charge >= 0.3 is 5.97 Å². The summed E-state index contributed by atoms with van der Waals surface area (Å²) >= 11 is 0. The van der Waals surface area contributed by atoms with E-state index < -0.39 is 5.97 Å². The van der Waals surface area contributed by atoms with Gasteiger partial charge in [0.05, 0.1) is 11.4 Å². The van der Waals surface area contributed by atoms with E-state index in [9.17, 15) is 4.79 Å². The standard InChI is InChI=1S/C36H44N6O3/c37-35-33-34(27-17-19-31(20-18-27)45-30-14-5-2-6-15-30)40-42(36(33)39-25-38-35)29-21-23-41(24-22-29)28-12-4-1-3-9-26(10-7-13-28)11-8-16-32(43)44/h2,5-6,8,14-20,25-26,28-29H,1,3-4,7,9-13,21-24H2,(H,43,44)(H2,37,38,39)/b16-8+. The van der Waals surface area contributed by atoms with Crippen LogP contribution in [0, 0.1) is 5.92 Å². The molecule has 2 aromatic heterocycles. The minimum atomic E-state index is -0.850. The fourth-order valence-electron chi connectivity index (χ4n) is 7.14. The van der Waals surface area contributed by atoms with Crippen LogP contribution in [0.1, 0.15) is 76.7 Å². The number of fused-ring (bicyclic) bond motifs is 1. The number of carboxylic acid groups (broad SMARTS) is 1. The number of nitrogens with two attached hydrogens (primary N) is 1. The van der Waals surface area contributed by atoms with Gasteiger partial charge in [-0.15, -0.1) is 0 Å². The molecule has 9 heteroatoms. The number of ether oxygens (including phenoxy) is 1. The van der Waals surface area contributed by atoms with Crippen molar-refractivity contribution >= 4 is 22.8 Å². The van der Waals surface area contributed by atoms with E-state index in [-0.39, 0.29) is 6.04 Å². The van der Waals surface area contributed by atoms with Crippen LogP contribution in [0.2, 0.25) is 0 Å². The van der Waals surface area contributed by atoms with Gasteiger partial charge in [-0.05, 0) is 74.4 Å². The number of para-hydroxylation sites is 1. The summed E-state index contributed by atoms with van der Waals surface area (Å²) < 4.78 is 8.09. The second kappa shape index (κ2) is 14.7. The Balaban J connectivity index is 1.12. The molecule has 0 bridgehead atoms. The van der Waals surface area contributed by atoms with Crippen LogP contribution in [0.15, 0.2) is 73.1 Å². The van der Waals surface area contributed by atoms with Crippen LogP contribution < -0.4 is 10.5 Å². The molecule has 0 spiro atoms. The van der Waals surface area contributed by atoms with E-state index in [1.807, 2.05) is 60.7 Å². The number of carboxylic acids is 1.